The van der Waals surface area contributed by atoms with Crippen molar-refractivity contribution in [2.24, 2.45) is 5.73 Å². The molecule has 1 heterocycles. The van der Waals surface area contributed by atoms with Crippen LogP contribution in [0.2, 0.25) is 0 Å². The zero-order chi connectivity index (χ0) is 11.0. The molecule has 1 unspecified atom stereocenters. The Morgan fingerprint density at radius 2 is 2.27 bits per heavy atom. The number of benzene rings is 1. The lowest BCUT2D eigenvalue weighted by Gasteiger charge is -2.10. The Hall–Kier alpha value is -1.00. The first-order valence-corrected chi connectivity index (χ1v) is 5.93. The number of fused-ring (bicyclic) bond motifs is 1. The molecule has 1 aliphatic heterocycles. The highest BCUT2D eigenvalue weighted by atomic mass is 32.2. The van der Waals surface area contributed by atoms with Crippen LogP contribution in [0.1, 0.15) is 18.5 Å². The summed E-state index contributed by atoms with van der Waals surface area (Å²) in [7, 11) is 1.77. The predicted octanol–water partition coefficient (Wildman–Crippen LogP) is 1.77. The van der Waals surface area contributed by atoms with Crippen molar-refractivity contribution in [3.63, 3.8) is 0 Å². The number of nitrogens with zero attached hydrogens (tertiary/aromatic N) is 1. The van der Waals surface area contributed by atoms with Crippen LogP contribution in [0.25, 0.3) is 0 Å². The number of carbonyl (C=O) groups is 1. The molecule has 0 aromatic heterocycles. The highest BCUT2D eigenvalue weighted by Crippen LogP contribution is 2.36. The van der Waals surface area contributed by atoms with Gasteiger partial charge in [-0.05, 0) is 17.9 Å². The minimum Gasteiger partial charge on any atom is -0.316 e. The molecule has 2 rings (SSSR count). The molecule has 2 N–H and O–H groups in total. The molecule has 1 aromatic carbocycles. The standard InChI is InChI=1S/C11H14N2OS/c1-3-15-7-4-5-8-9(6-7)13(2)11(14)10(8)12/h4-6,10H,3,12H2,1-2H3. The van der Waals surface area contributed by atoms with Gasteiger partial charge in [0.1, 0.15) is 6.04 Å². The van der Waals surface area contributed by atoms with E-state index in [1.165, 1.54) is 4.90 Å². The summed E-state index contributed by atoms with van der Waals surface area (Å²) in [6.45, 7) is 2.11. The number of amides is 1. The van der Waals surface area contributed by atoms with E-state index >= 15 is 0 Å². The molecule has 1 aliphatic rings. The van der Waals surface area contributed by atoms with Gasteiger partial charge in [-0.15, -0.1) is 11.8 Å². The number of thioether (sulfide) groups is 1. The normalized spacial score (nSPS) is 19.5. The molecule has 0 bridgehead atoms. The van der Waals surface area contributed by atoms with Gasteiger partial charge in [-0.3, -0.25) is 4.79 Å². The summed E-state index contributed by atoms with van der Waals surface area (Å²) in [6.07, 6.45) is 0. The van der Waals surface area contributed by atoms with Crippen molar-refractivity contribution in [1.82, 2.24) is 0 Å². The fourth-order valence-electron chi connectivity index (χ4n) is 1.79. The minimum atomic E-state index is -0.481. The van der Waals surface area contributed by atoms with Crippen molar-refractivity contribution in [3.05, 3.63) is 23.8 Å². The van der Waals surface area contributed by atoms with Crippen molar-refractivity contribution >= 4 is 23.4 Å². The van der Waals surface area contributed by atoms with Gasteiger partial charge < -0.3 is 10.6 Å². The minimum absolute atomic E-state index is 0.0244. The molecule has 15 heavy (non-hydrogen) atoms. The number of carbonyl (C=O) groups excluding carboxylic acids is 1. The maximum absolute atomic E-state index is 11.6. The lowest BCUT2D eigenvalue weighted by Crippen LogP contribution is -2.27. The summed E-state index contributed by atoms with van der Waals surface area (Å²) < 4.78 is 0. The molecule has 1 aromatic rings. The maximum Gasteiger partial charge on any atom is 0.248 e. The van der Waals surface area contributed by atoms with E-state index in [4.69, 9.17) is 5.73 Å². The topological polar surface area (TPSA) is 46.3 Å². The van der Waals surface area contributed by atoms with Gasteiger partial charge in [0.15, 0.2) is 0 Å². The van der Waals surface area contributed by atoms with Crippen LogP contribution in [-0.2, 0) is 4.79 Å². The third-order valence-corrected chi connectivity index (χ3v) is 3.48. The summed E-state index contributed by atoms with van der Waals surface area (Å²) in [4.78, 5) is 14.4. The monoisotopic (exact) mass is 222 g/mol. The molecule has 0 fully saturated rings. The number of anilines is 1. The molecule has 4 heteroatoms. The Balaban J connectivity index is 2.42. The number of hydrogen-bond acceptors (Lipinski definition) is 3. The van der Waals surface area contributed by atoms with Crippen LogP contribution in [0.5, 0.6) is 0 Å². The Bertz CT molecular complexity index is 406. The Kier molecular flexibility index (Phi) is 2.71. The second-order valence-corrected chi connectivity index (χ2v) is 4.87. The highest BCUT2D eigenvalue weighted by molar-refractivity contribution is 7.99. The number of hydrogen-bond donors (Lipinski definition) is 1. The number of nitrogens with two attached hydrogens (primary N) is 1. The molecule has 0 aliphatic carbocycles. The summed E-state index contributed by atoms with van der Waals surface area (Å²) in [5.74, 6) is 1.01. The van der Waals surface area contributed by atoms with Crippen LogP contribution in [0.3, 0.4) is 0 Å². The van der Waals surface area contributed by atoms with E-state index in [-0.39, 0.29) is 5.91 Å². The lowest BCUT2D eigenvalue weighted by molar-refractivity contribution is -0.118. The summed E-state index contributed by atoms with van der Waals surface area (Å²) in [6, 6.07) is 5.54. The highest BCUT2D eigenvalue weighted by Gasteiger charge is 2.32. The van der Waals surface area contributed by atoms with Gasteiger partial charge in [-0.25, -0.2) is 0 Å². The molecule has 0 spiro atoms. The van der Waals surface area contributed by atoms with E-state index in [0.717, 1.165) is 17.0 Å². The van der Waals surface area contributed by atoms with Crippen molar-refractivity contribution in [1.29, 1.82) is 0 Å². The van der Waals surface area contributed by atoms with E-state index in [1.54, 1.807) is 23.7 Å². The van der Waals surface area contributed by atoms with Gasteiger partial charge in [-0.2, -0.15) is 0 Å². The van der Waals surface area contributed by atoms with E-state index in [9.17, 15) is 4.79 Å². The largest absolute Gasteiger partial charge is 0.316 e. The fourth-order valence-corrected chi connectivity index (χ4v) is 2.49. The molecule has 0 saturated heterocycles. The van der Waals surface area contributed by atoms with E-state index in [2.05, 4.69) is 6.92 Å². The zero-order valence-corrected chi connectivity index (χ0v) is 9.67. The van der Waals surface area contributed by atoms with Crippen molar-refractivity contribution in [2.45, 2.75) is 17.9 Å². The summed E-state index contributed by atoms with van der Waals surface area (Å²) in [5.41, 5.74) is 7.69. The third kappa shape index (κ3) is 1.64. The Labute approximate surface area is 93.6 Å². The number of rotatable bonds is 2. The SMILES string of the molecule is CCSc1ccc2c(c1)N(C)C(=O)C2N. The van der Waals surface area contributed by atoms with Crippen LogP contribution in [0.15, 0.2) is 23.1 Å². The molecular weight excluding hydrogens is 208 g/mol. The molecule has 1 amide bonds. The number of likely N-dealkylation sites (N-methyl/N-ethyl adjacent to an activating group) is 1. The van der Waals surface area contributed by atoms with E-state index in [1.807, 2.05) is 18.2 Å². The first-order chi connectivity index (χ1) is 7.15. The fraction of sp³-hybridized carbons (Fsp3) is 0.364. The Morgan fingerprint density at radius 3 is 2.93 bits per heavy atom. The summed E-state index contributed by atoms with van der Waals surface area (Å²) in [5, 5.41) is 0. The lowest BCUT2D eigenvalue weighted by atomic mass is 10.1. The maximum atomic E-state index is 11.6. The first-order valence-electron chi connectivity index (χ1n) is 4.95. The predicted molar refractivity (Wildman–Crippen MR) is 63.2 cm³/mol. The van der Waals surface area contributed by atoms with Crippen LogP contribution in [-0.4, -0.2) is 18.7 Å². The average molecular weight is 222 g/mol. The zero-order valence-electron chi connectivity index (χ0n) is 8.86. The molecule has 0 radical (unpaired) electrons. The van der Waals surface area contributed by atoms with Crippen LogP contribution >= 0.6 is 11.8 Å². The Morgan fingerprint density at radius 1 is 1.53 bits per heavy atom. The van der Waals surface area contributed by atoms with Crippen molar-refractivity contribution in [3.8, 4) is 0 Å². The quantitative estimate of drug-likeness (QED) is 0.776. The molecule has 3 nitrogen and oxygen atoms in total. The van der Waals surface area contributed by atoms with Crippen LogP contribution in [0, 0.1) is 0 Å². The van der Waals surface area contributed by atoms with Crippen molar-refractivity contribution < 1.29 is 4.79 Å². The molecule has 0 saturated carbocycles. The third-order valence-electron chi connectivity index (χ3n) is 2.61. The molecular formula is C11H14N2OS. The van der Waals surface area contributed by atoms with Gasteiger partial charge in [0.2, 0.25) is 5.91 Å². The van der Waals surface area contributed by atoms with Gasteiger partial charge in [0, 0.05) is 23.2 Å². The van der Waals surface area contributed by atoms with Crippen molar-refractivity contribution in [2.75, 3.05) is 17.7 Å². The van der Waals surface area contributed by atoms with E-state index in [0.29, 0.717) is 0 Å². The molecule has 1 atom stereocenters. The average Bonchev–Trinajstić information content (AvgIpc) is 2.45. The molecule has 80 valence electrons. The van der Waals surface area contributed by atoms with E-state index < -0.39 is 6.04 Å². The second-order valence-electron chi connectivity index (χ2n) is 3.53. The summed E-state index contributed by atoms with van der Waals surface area (Å²) >= 11 is 1.77. The van der Waals surface area contributed by atoms with Gasteiger partial charge in [0.05, 0.1) is 0 Å². The van der Waals surface area contributed by atoms with Gasteiger partial charge >= 0.3 is 0 Å². The van der Waals surface area contributed by atoms with Crippen LogP contribution < -0.4 is 10.6 Å². The van der Waals surface area contributed by atoms with Gasteiger partial charge in [0.25, 0.3) is 0 Å². The second kappa shape index (κ2) is 3.87. The van der Waals surface area contributed by atoms with Crippen LogP contribution in [0.4, 0.5) is 5.69 Å². The first kappa shape index (κ1) is 10.5. The van der Waals surface area contributed by atoms with Gasteiger partial charge in [-0.1, -0.05) is 13.0 Å². The smallest absolute Gasteiger partial charge is 0.248 e.